The second-order valence-electron chi connectivity index (χ2n) is 4.63. The smallest absolute Gasteiger partial charge is 0.266 e. The summed E-state index contributed by atoms with van der Waals surface area (Å²) in [5.74, 6) is -0.755. The van der Waals surface area contributed by atoms with Crippen LogP contribution >= 0.6 is 11.3 Å². The second kappa shape index (κ2) is 5.89. The first-order valence-corrected chi connectivity index (χ1v) is 9.12. The summed E-state index contributed by atoms with van der Waals surface area (Å²) in [6.07, 6.45) is 7.62. The van der Waals surface area contributed by atoms with Crippen LogP contribution in [0.15, 0.2) is 42.3 Å². The van der Waals surface area contributed by atoms with Gasteiger partial charge in [0.2, 0.25) is 10.0 Å². The lowest BCUT2D eigenvalue weighted by Crippen LogP contribution is -2.29. The Morgan fingerprint density at radius 1 is 1.35 bits per heavy atom. The molecular formula is C13H11N5O3S2. The maximum Gasteiger partial charge on any atom is 0.284 e. The summed E-state index contributed by atoms with van der Waals surface area (Å²) >= 11 is 1.23. The van der Waals surface area contributed by atoms with Crippen molar-refractivity contribution in [2.24, 2.45) is 0 Å². The van der Waals surface area contributed by atoms with Crippen LogP contribution in [0.2, 0.25) is 0 Å². The number of hydrogen-bond donors (Lipinski definition) is 1. The minimum Gasteiger partial charge on any atom is -0.266 e. The molecule has 118 valence electrons. The highest BCUT2D eigenvalue weighted by molar-refractivity contribution is 7.89. The topological polar surface area (TPSA) is 107 Å². The lowest BCUT2D eigenvalue weighted by Gasteiger charge is -1.98. The van der Waals surface area contributed by atoms with Gasteiger partial charge in [0.05, 0.1) is 24.3 Å². The van der Waals surface area contributed by atoms with Crippen LogP contribution in [0, 0.1) is 0 Å². The van der Waals surface area contributed by atoms with Gasteiger partial charge in [-0.2, -0.15) is 5.10 Å². The molecule has 0 aliphatic rings. The monoisotopic (exact) mass is 349 g/mol. The van der Waals surface area contributed by atoms with Gasteiger partial charge < -0.3 is 0 Å². The maximum atomic E-state index is 11.8. The van der Waals surface area contributed by atoms with E-state index in [-0.39, 0.29) is 5.69 Å². The van der Waals surface area contributed by atoms with Gasteiger partial charge in [0.15, 0.2) is 0 Å². The van der Waals surface area contributed by atoms with E-state index < -0.39 is 15.9 Å². The highest BCUT2D eigenvalue weighted by atomic mass is 32.2. The molecule has 0 unspecified atom stereocenters. The van der Waals surface area contributed by atoms with E-state index in [1.54, 1.807) is 35.5 Å². The molecule has 3 aromatic heterocycles. The Morgan fingerprint density at radius 2 is 2.17 bits per heavy atom. The van der Waals surface area contributed by atoms with E-state index in [0.29, 0.717) is 5.01 Å². The molecule has 0 spiro atoms. The molecule has 0 bridgehead atoms. The van der Waals surface area contributed by atoms with Crippen LogP contribution in [-0.4, -0.2) is 40.3 Å². The number of sulfonamides is 1. The Bertz CT molecular complexity index is 947. The SMILES string of the molecule is CS(=O)(=O)NC(=O)c1csc(-c2cnn(-c3cccnc3)c2)n1. The van der Waals surface area contributed by atoms with Crippen molar-refractivity contribution < 1.29 is 13.2 Å². The van der Waals surface area contributed by atoms with E-state index in [4.69, 9.17) is 0 Å². The second-order valence-corrected chi connectivity index (χ2v) is 7.23. The van der Waals surface area contributed by atoms with Crippen molar-refractivity contribution in [2.75, 3.05) is 6.26 Å². The average molecular weight is 349 g/mol. The first kappa shape index (κ1) is 15.3. The Labute approximate surface area is 135 Å². The highest BCUT2D eigenvalue weighted by Crippen LogP contribution is 2.24. The largest absolute Gasteiger partial charge is 0.284 e. The Balaban J connectivity index is 1.84. The molecule has 3 rings (SSSR count). The fourth-order valence-corrected chi connectivity index (χ4v) is 3.01. The number of amides is 1. The summed E-state index contributed by atoms with van der Waals surface area (Å²) in [7, 11) is -3.62. The van der Waals surface area contributed by atoms with Crippen molar-refractivity contribution in [1.29, 1.82) is 0 Å². The Kier molecular flexibility index (Phi) is 3.92. The van der Waals surface area contributed by atoms with Crippen LogP contribution in [0.25, 0.3) is 16.3 Å². The predicted octanol–water partition coefficient (Wildman–Crippen LogP) is 1.08. The van der Waals surface area contributed by atoms with E-state index >= 15 is 0 Å². The minimum absolute atomic E-state index is 0.0459. The molecule has 1 amide bonds. The standard InChI is InChI=1S/C13H11N5O3S2/c1-23(20,21)17-12(19)11-8-22-13(16-11)9-5-15-18(7-9)10-3-2-4-14-6-10/h2-8H,1H3,(H,17,19). The first-order valence-electron chi connectivity index (χ1n) is 6.35. The van der Waals surface area contributed by atoms with Crippen LogP contribution in [0.3, 0.4) is 0 Å². The summed E-state index contributed by atoms with van der Waals surface area (Å²) in [6.45, 7) is 0. The van der Waals surface area contributed by atoms with Crippen molar-refractivity contribution in [3.8, 4) is 16.3 Å². The quantitative estimate of drug-likeness (QED) is 0.755. The van der Waals surface area contributed by atoms with Gasteiger partial charge >= 0.3 is 0 Å². The average Bonchev–Trinajstić information content (AvgIpc) is 3.16. The molecule has 0 aliphatic carbocycles. The third-order valence-corrected chi connectivity index (χ3v) is 4.20. The van der Waals surface area contributed by atoms with Gasteiger partial charge in [0.25, 0.3) is 5.91 Å². The van der Waals surface area contributed by atoms with E-state index in [1.165, 1.54) is 16.7 Å². The van der Waals surface area contributed by atoms with Gasteiger partial charge in [-0.15, -0.1) is 11.3 Å². The van der Waals surface area contributed by atoms with E-state index in [9.17, 15) is 13.2 Å². The molecule has 0 radical (unpaired) electrons. The fraction of sp³-hybridized carbons (Fsp3) is 0.0769. The number of hydrogen-bond acceptors (Lipinski definition) is 7. The number of carbonyl (C=O) groups is 1. The van der Waals surface area contributed by atoms with Crippen molar-refractivity contribution >= 4 is 27.3 Å². The zero-order valence-electron chi connectivity index (χ0n) is 11.9. The molecule has 23 heavy (non-hydrogen) atoms. The summed E-state index contributed by atoms with van der Waals surface area (Å²) in [5.41, 5.74) is 1.56. The number of thiazole rings is 1. The highest BCUT2D eigenvalue weighted by Gasteiger charge is 2.16. The molecule has 0 aromatic carbocycles. The first-order chi connectivity index (χ1) is 10.9. The number of nitrogens with one attached hydrogen (secondary N) is 1. The van der Waals surface area contributed by atoms with Gasteiger partial charge in [-0.1, -0.05) is 0 Å². The molecule has 0 saturated carbocycles. The minimum atomic E-state index is -3.62. The molecule has 8 nitrogen and oxygen atoms in total. The van der Waals surface area contributed by atoms with Gasteiger partial charge in [-0.25, -0.2) is 22.8 Å². The van der Waals surface area contributed by atoms with Gasteiger partial charge in [0, 0.05) is 23.3 Å². The third-order valence-electron chi connectivity index (χ3n) is 2.75. The van der Waals surface area contributed by atoms with Gasteiger partial charge in [0.1, 0.15) is 10.7 Å². The van der Waals surface area contributed by atoms with Crippen LogP contribution in [0.5, 0.6) is 0 Å². The van der Waals surface area contributed by atoms with E-state index in [2.05, 4.69) is 15.1 Å². The number of rotatable bonds is 4. The van der Waals surface area contributed by atoms with Crippen LogP contribution in [-0.2, 0) is 10.0 Å². The molecule has 0 aliphatic heterocycles. The Morgan fingerprint density at radius 3 is 2.87 bits per heavy atom. The molecule has 0 saturated heterocycles. The fourth-order valence-electron chi connectivity index (χ4n) is 1.80. The molecule has 1 N–H and O–H groups in total. The Hall–Kier alpha value is -2.59. The van der Waals surface area contributed by atoms with Crippen LogP contribution in [0.1, 0.15) is 10.5 Å². The molecule has 10 heteroatoms. The number of aromatic nitrogens is 4. The van der Waals surface area contributed by atoms with Crippen molar-refractivity contribution in [1.82, 2.24) is 24.5 Å². The lowest BCUT2D eigenvalue weighted by atomic mass is 10.3. The lowest BCUT2D eigenvalue weighted by molar-refractivity contribution is 0.0977. The third kappa shape index (κ3) is 3.60. The zero-order valence-corrected chi connectivity index (χ0v) is 13.5. The van der Waals surface area contributed by atoms with E-state index in [0.717, 1.165) is 17.5 Å². The van der Waals surface area contributed by atoms with Gasteiger partial charge in [-0.05, 0) is 12.1 Å². The zero-order chi connectivity index (χ0) is 16.4. The summed E-state index contributed by atoms with van der Waals surface area (Å²) in [6, 6.07) is 3.66. The van der Waals surface area contributed by atoms with Crippen molar-refractivity contribution in [2.45, 2.75) is 0 Å². The molecule has 0 fully saturated rings. The van der Waals surface area contributed by atoms with Crippen molar-refractivity contribution in [3.05, 3.63) is 48.0 Å². The van der Waals surface area contributed by atoms with Crippen molar-refractivity contribution in [3.63, 3.8) is 0 Å². The van der Waals surface area contributed by atoms with Gasteiger partial charge in [-0.3, -0.25) is 9.78 Å². The molecule has 0 atom stereocenters. The maximum absolute atomic E-state index is 11.8. The number of pyridine rings is 1. The number of nitrogens with zero attached hydrogens (tertiary/aromatic N) is 4. The van der Waals surface area contributed by atoms with Crippen LogP contribution < -0.4 is 4.72 Å². The normalized spacial score (nSPS) is 11.3. The summed E-state index contributed by atoms with van der Waals surface area (Å²) in [5, 5.41) is 6.29. The molecular weight excluding hydrogens is 338 g/mol. The van der Waals surface area contributed by atoms with Crippen LogP contribution in [0.4, 0.5) is 0 Å². The van der Waals surface area contributed by atoms with E-state index in [1.807, 2.05) is 10.8 Å². The molecule has 3 heterocycles. The predicted molar refractivity (Wildman–Crippen MR) is 84.8 cm³/mol. The molecule has 3 aromatic rings. The summed E-state index contributed by atoms with van der Waals surface area (Å²) < 4.78 is 25.7. The number of carbonyl (C=O) groups excluding carboxylic acids is 1. The summed E-state index contributed by atoms with van der Waals surface area (Å²) in [4.78, 5) is 19.9.